The Hall–Kier alpha value is -0.100. The van der Waals surface area contributed by atoms with E-state index >= 15 is 0 Å². The van der Waals surface area contributed by atoms with Crippen molar-refractivity contribution in [3.63, 3.8) is 0 Å². The van der Waals surface area contributed by atoms with Gasteiger partial charge in [-0.15, -0.1) is 0 Å². The predicted molar refractivity (Wildman–Crippen MR) is 88.3 cm³/mol. The first kappa shape index (κ1) is 16.3. The molecule has 1 aliphatic heterocycles. The Bertz CT molecular complexity index is 422. The van der Waals surface area contributed by atoms with Crippen molar-refractivity contribution in [2.75, 3.05) is 13.2 Å². The Morgan fingerprint density at radius 1 is 1.35 bits per heavy atom. The quantitative estimate of drug-likeness (QED) is 0.765. The van der Waals surface area contributed by atoms with Crippen LogP contribution >= 0.6 is 31.9 Å². The summed E-state index contributed by atoms with van der Waals surface area (Å²) in [6.07, 6.45) is 2.89. The third-order valence-electron chi connectivity index (χ3n) is 3.14. The molecule has 0 aromatic heterocycles. The molecule has 1 aromatic rings. The van der Waals surface area contributed by atoms with Crippen LogP contribution in [-0.2, 0) is 11.3 Å². The van der Waals surface area contributed by atoms with Crippen LogP contribution in [0.1, 0.15) is 32.3 Å². The van der Waals surface area contributed by atoms with E-state index in [2.05, 4.69) is 49.3 Å². The third-order valence-corrected chi connectivity index (χ3v) is 4.31. The first-order valence-corrected chi connectivity index (χ1v) is 8.61. The van der Waals surface area contributed by atoms with Crippen LogP contribution in [0.3, 0.4) is 0 Å². The maximum Gasteiger partial charge on any atom is 0.148 e. The highest BCUT2D eigenvalue weighted by Gasteiger charge is 2.15. The Balaban J connectivity index is 1.91. The van der Waals surface area contributed by atoms with Crippen LogP contribution in [-0.4, -0.2) is 25.4 Å². The van der Waals surface area contributed by atoms with Gasteiger partial charge in [0.25, 0.3) is 0 Å². The summed E-state index contributed by atoms with van der Waals surface area (Å²) in [4.78, 5) is 0. The van der Waals surface area contributed by atoms with Gasteiger partial charge in [-0.1, -0.05) is 0 Å². The predicted octanol–water partition coefficient (Wildman–Crippen LogP) is 4.27. The fourth-order valence-electron chi connectivity index (χ4n) is 2.25. The Morgan fingerprint density at radius 3 is 2.60 bits per heavy atom. The van der Waals surface area contributed by atoms with Crippen LogP contribution in [0, 0.1) is 0 Å². The van der Waals surface area contributed by atoms with Gasteiger partial charge in [0.1, 0.15) is 5.75 Å². The highest BCUT2D eigenvalue weighted by atomic mass is 79.9. The first-order valence-electron chi connectivity index (χ1n) is 7.03. The fourth-order valence-corrected chi connectivity index (χ4v) is 3.71. The van der Waals surface area contributed by atoms with Crippen LogP contribution in [0.15, 0.2) is 21.1 Å². The molecule has 1 N–H and O–H groups in total. The SMILES string of the molecule is CC(C)Oc1c(Br)cc(CNC[C@@H]2CCCO2)cc1Br. The highest BCUT2D eigenvalue weighted by Crippen LogP contribution is 2.35. The van der Waals surface area contributed by atoms with Crippen LogP contribution < -0.4 is 10.1 Å². The second-order valence-corrected chi connectivity index (χ2v) is 7.03. The largest absolute Gasteiger partial charge is 0.489 e. The number of ether oxygens (including phenoxy) is 2. The van der Waals surface area contributed by atoms with Gasteiger partial charge in [0.15, 0.2) is 0 Å². The molecule has 2 rings (SSSR count). The highest BCUT2D eigenvalue weighted by molar-refractivity contribution is 9.11. The van der Waals surface area contributed by atoms with Gasteiger partial charge >= 0.3 is 0 Å². The van der Waals surface area contributed by atoms with Crippen LogP contribution in [0.25, 0.3) is 0 Å². The van der Waals surface area contributed by atoms with E-state index in [1.54, 1.807) is 0 Å². The molecule has 0 aliphatic carbocycles. The average molecular weight is 407 g/mol. The molecule has 1 saturated heterocycles. The minimum Gasteiger partial charge on any atom is -0.489 e. The van der Waals surface area contributed by atoms with Crippen molar-refractivity contribution in [2.45, 2.75) is 45.4 Å². The summed E-state index contributed by atoms with van der Waals surface area (Å²) in [5, 5.41) is 3.45. The van der Waals surface area contributed by atoms with Gasteiger partial charge in [-0.2, -0.15) is 0 Å². The number of hydrogen-bond acceptors (Lipinski definition) is 3. The minimum atomic E-state index is 0.158. The molecule has 0 spiro atoms. The Morgan fingerprint density at radius 2 is 2.05 bits per heavy atom. The van der Waals surface area contributed by atoms with Gasteiger partial charge in [0.2, 0.25) is 0 Å². The summed E-state index contributed by atoms with van der Waals surface area (Å²) in [6, 6.07) is 4.20. The smallest absolute Gasteiger partial charge is 0.148 e. The summed E-state index contributed by atoms with van der Waals surface area (Å²) in [7, 11) is 0. The van der Waals surface area contributed by atoms with Crippen molar-refractivity contribution < 1.29 is 9.47 Å². The van der Waals surface area contributed by atoms with Crippen molar-refractivity contribution in [1.82, 2.24) is 5.32 Å². The van der Waals surface area contributed by atoms with E-state index in [0.717, 1.165) is 34.4 Å². The lowest BCUT2D eigenvalue weighted by Crippen LogP contribution is -2.25. The lowest BCUT2D eigenvalue weighted by Gasteiger charge is -2.15. The molecular weight excluding hydrogens is 386 g/mol. The molecule has 0 unspecified atom stereocenters. The third kappa shape index (κ3) is 4.72. The van der Waals surface area contributed by atoms with Crippen molar-refractivity contribution in [2.24, 2.45) is 0 Å². The molecule has 0 bridgehead atoms. The molecule has 1 atom stereocenters. The van der Waals surface area contributed by atoms with Gasteiger partial charge in [0, 0.05) is 19.7 Å². The summed E-state index contributed by atoms with van der Waals surface area (Å²) in [5.41, 5.74) is 1.22. The number of hydrogen-bond donors (Lipinski definition) is 1. The van der Waals surface area contributed by atoms with Crippen molar-refractivity contribution in [3.05, 3.63) is 26.6 Å². The first-order chi connectivity index (χ1) is 9.56. The summed E-state index contributed by atoms with van der Waals surface area (Å²) < 4.78 is 13.3. The zero-order chi connectivity index (χ0) is 14.5. The Labute approximate surface area is 137 Å². The van der Waals surface area contributed by atoms with E-state index < -0.39 is 0 Å². The van der Waals surface area contributed by atoms with Gasteiger partial charge < -0.3 is 14.8 Å². The summed E-state index contributed by atoms with van der Waals surface area (Å²) >= 11 is 7.15. The van der Waals surface area contributed by atoms with Crippen molar-refractivity contribution in [3.8, 4) is 5.75 Å². The molecule has 1 heterocycles. The second kappa shape index (κ2) is 7.78. The normalized spacial score (nSPS) is 18.8. The molecular formula is C15H21Br2NO2. The lowest BCUT2D eigenvalue weighted by molar-refractivity contribution is 0.110. The maximum atomic E-state index is 5.78. The molecule has 112 valence electrons. The van der Waals surface area contributed by atoms with E-state index in [9.17, 15) is 0 Å². The standard InChI is InChI=1S/C15H21Br2NO2/c1-10(2)20-15-13(16)6-11(7-14(15)17)8-18-9-12-4-3-5-19-12/h6-7,10,12,18H,3-5,8-9H2,1-2H3/t12-/m0/s1. The monoisotopic (exact) mass is 405 g/mol. The molecule has 5 heteroatoms. The molecule has 1 aromatic carbocycles. The van der Waals surface area contributed by atoms with Crippen LogP contribution in [0.2, 0.25) is 0 Å². The molecule has 3 nitrogen and oxygen atoms in total. The minimum absolute atomic E-state index is 0.158. The molecule has 1 aliphatic rings. The zero-order valence-electron chi connectivity index (χ0n) is 11.9. The van der Waals surface area contributed by atoms with Crippen molar-refractivity contribution in [1.29, 1.82) is 0 Å². The van der Waals surface area contributed by atoms with E-state index in [0.29, 0.717) is 6.10 Å². The molecule has 20 heavy (non-hydrogen) atoms. The van der Waals surface area contributed by atoms with Crippen molar-refractivity contribution >= 4 is 31.9 Å². The van der Waals surface area contributed by atoms with E-state index in [1.165, 1.54) is 18.4 Å². The second-order valence-electron chi connectivity index (χ2n) is 5.32. The zero-order valence-corrected chi connectivity index (χ0v) is 15.1. The van der Waals surface area contributed by atoms with Gasteiger partial charge in [0.05, 0.1) is 21.2 Å². The van der Waals surface area contributed by atoms with E-state index in [4.69, 9.17) is 9.47 Å². The Kier molecular flexibility index (Phi) is 6.33. The van der Waals surface area contributed by atoms with Gasteiger partial charge in [-0.3, -0.25) is 0 Å². The number of nitrogens with one attached hydrogen (secondary N) is 1. The molecule has 0 radical (unpaired) electrons. The van der Waals surface area contributed by atoms with Crippen LogP contribution in [0.5, 0.6) is 5.75 Å². The topological polar surface area (TPSA) is 30.5 Å². The molecule has 0 amide bonds. The van der Waals surface area contributed by atoms with Gasteiger partial charge in [-0.25, -0.2) is 0 Å². The number of halogens is 2. The lowest BCUT2D eigenvalue weighted by atomic mass is 10.2. The van der Waals surface area contributed by atoms with Gasteiger partial charge in [-0.05, 0) is 76.2 Å². The molecule has 0 saturated carbocycles. The average Bonchev–Trinajstić information content (AvgIpc) is 2.87. The van der Waals surface area contributed by atoms with Crippen LogP contribution in [0.4, 0.5) is 0 Å². The number of rotatable bonds is 6. The van der Waals surface area contributed by atoms with E-state index in [1.807, 2.05) is 13.8 Å². The summed E-state index contributed by atoms with van der Waals surface area (Å²) in [6.45, 7) is 6.70. The van der Waals surface area contributed by atoms with E-state index in [-0.39, 0.29) is 6.10 Å². The number of benzene rings is 1. The molecule has 1 fully saturated rings. The fraction of sp³-hybridized carbons (Fsp3) is 0.600. The summed E-state index contributed by atoms with van der Waals surface area (Å²) in [5.74, 6) is 0.864. The maximum absolute atomic E-state index is 5.78.